The van der Waals surface area contributed by atoms with Crippen LogP contribution >= 0.6 is 24.0 Å². The SMILES string of the molecule is CCOCCCNC(=NC)NCc1ccc(N2CCN(CC)CC2)nc1.I. The van der Waals surface area contributed by atoms with Crippen LogP contribution in [0.1, 0.15) is 25.8 Å². The molecule has 7 nitrogen and oxygen atoms in total. The molecule has 0 bridgehead atoms. The molecule has 27 heavy (non-hydrogen) atoms. The fraction of sp³-hybridized carbons (Fsp3) is 0.684. The second-order valence-electron chi connectivity index (χ2n) is 6.35. The zero-order valence-corrected chi connectivity index (χ0v) is 19.2. The molecule has 1 aromatic heterocycles. The standard InChI is InChI=1S/C19H34N6O.HI/c1-4-24-10-12-25(13-11-24)18-8-7-17(15-22-18)16-23-19(20-3)21-9-6-14-26-5-2;/h7-8,15H,4-6,9-14,16H2,1-3H3,(H2,20,21,23);1H. The lowest BCUT2D eigenvalue weighted by atomic mass is 10.2. The molecule has 0 aromatic carbocycles. The summed E-state index contributed by atoms with van der Waals surface area (Å²) in [5.74, 6) is 1.88. The van der Waals surface area contributed by atoms with Gasteiger partial charge in [-0.25, -0.2) is 4.98 Å². The molecule has 0 saturated carbocycles. The molecule has 1 aliphatic heterocycles. The van der Waals surface area contributed by atoms with Crippen molar-refractivity contribution in [3.8, 4) is 0 Å². The topological polar surface area (TPSA) is 65.0 Å². The summed E-state index contributed by atoms with van der Waals surface area (Å²) in [6.45, 7) is 12.8. The zero-order chi connectivity index (χ0) is 18.6. The lowest BCUT2D eigenvalue weighted by Crippen LogP contribution is -2.46. The van der Waals surface area contributed by atoms with Crippen LogP contribution in [0, 0.1) is 0 Å². The first-order chi connectivity index (χ1) is 12.8. The molecule has 1 aromatic rings. The molecule has 0 atom stereocenters. The van der Waals surface area contributed by atoms with Gasteiger partial charge in [0.15, 0.2) is 5.96 Å². The maximum atomic E-state index is 5.34. The minimum atomic E-state index is 0. The van der Waals surface area contributed by atoms with E-state index in [0.29, 0.717) is 6.54 Å². The smallest absolute Gasteiger partial charge is 0.191 e. The number of aromatic nitrogens is 1. The Labute approximate surface area is 181 Å². The fourth-order valence-corrected chi connectivity index (χ4v) is 2.93. The van der Waals surface area contributed by atoms with Gasteiger partial charge in [0.2, 0.25) is 0 Å². The molecule has 0 amide bonds. The van der Waals surface area contributed by atoms with Gasteiger partial charge in [-0.3, -0.25) is 4.99 Å². The van der Waals surface area contributed by atoms with Gasteiger partial charge in [-0.05, 0) is 31.5 Å². The monoisotopic (exact) mass is 490 g/mol. The number of rotatable bonds is 9. The second kappa shape index (κ2) is 14.0. The second-order valence-corrected chi connectivity index (χ2v) is 6.35. The predicted octanol–water partition coefficient (Wildman–Crippen LogP) is 1.93. The van der Waals surface area contributed by atoms with Crippen LogP contribution in [0.3, 0.4) is 0 Å². The van der Waals surface area contributed by atoms with E-state index in [1.54, 1.807) is 7.05 Å². The number of guanidine groups is 1. The number of anilines is 1. The van der Waals surface area contributed by atoms with E-state index in [4.69, 9.17) is 4.74 Å². The molecule has 2 heterocycles. The highest BCUT2D eigenvalue weighted by atomic mass is 127. The highest BCUT2D eigenvalue weighted by Crippen LogP contribution is 2.14. The van der Waals surface area contributed by atoms with Crippen molar-refractivity contribution in [1.29, 1.82) is 0 Å². The fourth-order valence-electron chi connectivity index (χ4n) is 2.93. The number of hydrogen-bond acceptors (Lipinski definition) is 5. The summed E-state index contributed by atoms with van der Waals surface area (Å²) in [7, 11) is 1.79. The molecule has 8 heteroatoms. The van der Waals surface area contributed by atoms with Crippen LogP contribution in [0.4, 0.5) is 5.82 Å². The Hall–Kier alpha value is -1.13. The normalized spacial score (nSPS) is 15.4. The predicted molar refractivity (Wildman–Crippen MR) is 123 cm³/mol. The van der Waals surface area contributed by atoms with Gasteiger partial charge in [-0.1, -0.05) is 13.0 Å². The number of aliphatic imine (C=N–C) groups is 1. The summed E-state index contributed by atoms with van der Waals surface area (Å²) in [6.07, 6.45) is 2.92. The molecule has 1 aliphatic rings. The molecule has 1 saturated heterocycles. The molecule has 0 aliphatic carbocycles. The van der Waals surface area contributed by atoms with Crippen molar-refractivity contribution >= 4 is 35.8 Å². The number of nitrogens with zero attached hydrogens (tertiary/aromatic N) is 4. The van der Waals surface area contributed by atoms with E-state index in [-0.39, 0.29) is 24.0 Å². The lowest BCUT2D eigenvalue weighted by Gasteiger charge is -2.34. The molecule has 0 spiro atoms. The van der Waals surface area contributed by atoms with Crippen molar-refractivity contribution in [2.45, 2.75) is 26.8 Å². The third-order valence-corrected chi connectivity index (χ3v) is 4.60. The average molecular weight is 490 g/mol. The van der Waals surface area contributed by atoms with E-state index >= 15 is 0 Å². The van der Waals surface area contributed by atoms with Gasteiger partial charge in [0.05, 0.1) is 0 Å². The first-order valence-corrected chi connectivity index (χ1v) is 9.71. The van der Waals surface area contributed by atoms with Gasteiger partial charge in [0, 0.05) is 65.7 Å². The van der Waals surface area contributed by atoms with E-state index < -0.39 is 0 Å². The summed E-state index contributed by atoms with van der Waals surface area (Å²) in [5, 5.41) is 6.62. The number of likely N-dealkylation sites (N-methyl/N-ethyl adjacent to an activating group) is 1. The van der Waals surface area contributed by atoms with Crippen LogP contribution in [0.25, 0.3) is 0 Å². The quantitative estimate of drug-likeness (QED) is 0.239. The zero-order valence-electron chi connectivity index (χ0n) is 16.9. The number of nitrogens with one attached hydrogen (secondary N) is 2. The summed E-state index contributed by atoms with van der Waals surface area (Å²) in [4.78, 5) is 13.7. The van der Waals surface area contributed by atoms with Crippen molar-refractivity contribution in [2.75, 3.05) is 64.4 Å². The minimum Gasteiger partial charge on any atom is -0.382 e. The van der Waals surface area contributed by atoms with Crippen LogP contribution in [0.5, 0.6) is 0 Å². The van der Waals surface area contributed by atoms with Gasteiger partial charge < -0.3 is 25.2 Å². The van der Waals surface area contributed by atoms with Crippen molar-refractivity contribution in [3.63, 3.8) is 0 Å². The van der Waals surface area contributed by atoms with Crippen LogP contribution < -0.4 is 15.5 Å². The van der Waals surface area contributed by atoms with Gasteiger partial charge in [-0.2, -0.15) is 0 Å². The Morgan fingerprint density at radius 3 is 2.56 bits per heavy atom. The summed E-state index contributed by atoms with van der Waals surface area (Å²) >= 11 is 0. The maximum absolute atomic E-state index is 5.34. The largest absolute Gasteiger partial charge is 0.382 e. The molecule has 0 radical (unpaired) electrons. The van der Waals surface area contributed by atoms with Crippen LogP contribution in [-0.2, 0) is 11.3 Å². The third kappa shape index (κ3) is 8.61. The number of halogens is 1. The number of pyridine rings is 1. The van der Waals surface area contributed by atoms with Crippen molar-refractivity contribution < 1.29 is 4.74 Å². The molecule has 1 fully saturated rings. The summed E-state index contributed by atoms with van der Waals surface area (Å²) < 4.78 is 5.34. The Morgan fingerprint density at radius 2 is 1.96 bits per heavy atom. The Morgan fingerprint density at radius 1 is 1.19 bits per heavy atom. The highest BCUT2D eigenvalue weighted by Gasteiger charge is 2.16. The molecule has 2 N–H and O–H groups in total. The van der Waals surface area contributed by atoms with E-state index in [1.807, 2.05) is 13.1 Å². The van der Waals surface area contributed by atoms with E-state index in [9.17, 15) is 0 Å². The van der Waals surface area contributed by atoms with Crippen LogP contribution in [0.15, 0.2) is 23.3 Å². The van der Waals surface area contributed by atoms with Crippen LogP contribution in [-0.4, -0.2) is 75.4 Å². The van der Waals surface area contributed by atoms with E-state index in [1.165, 1.54) is 0 Å². The number of piperazine rings is 1. The first-order valence-electron chi connectivity index (χ1n) is 9.71. The van der Waals surface area contributed by atoms with E-state index in [2.05, 4.69) is 49.5 Å². The van der Waals surface area contributed by atoms with Gasteiger partial charge in [-0.15, -0.1) is 24.0 Å². The average Bonchev–Trinajstić information content (AvgIpc) is 2.70. The molecule has 0 unspecified atom stereocenters. The van der Waals surface area contributed by atoms with Gasteiger partial charge in [0.1, 0.15) is 5.82 Å². The van der Waals surface area contributed by atoms with Gasteiger partial charge in [0.25, 0.3) is 0 Å². The van der Waals surface area contributed by atoms with Crippen molar-refractivity contribution in [2.24, 2.45) is 4.99 Å². The minimum absolute atomic E-state index is 0. The molecular weight excluding hydrogens is 455 g/mol. The first kappa shape index (κ1) is 23.9. The van der Waals surface area contributed by atoms with E-state index in [0.717, 1.165) is 76.2 Å². The molecular formula is C19H35IN6O. The Bertz CT molecular complexity index is 532. The van der Waals surface area contributed by atoms with Crippen LogP contribution in [0.2, 0.25) is 0 Å². The van der Waals surface area contributed by atoms with Crippen molar-refractivity contribution in [1.82, 2.24) is 20.5 Å². The lowest BCUT2D eigenvalue weighted by molar-refractivity contribution is 0.145. The summed E-state index contributed by atoms with van der Waals surface area (Å²) in [5.41, 5.74) is 1.15. The maximum Gasteiger partial charge on any atom is 0.191 e. The number of ether oxygens (including phenoxy) is 1. The molecule has 154 valence electrons. The molecule has 2 rings (SSSR count). The number of hydrogen-bond donors (Lipinski definition) is 2. The van der Waals surface area contributed by atoms with Crippen molar-refractivity contribution in [3.05, 3.63) is 23.9 Å². The third-order valence-electron chi connectivity index (χ3n) is 4.60. The Balaban J connectivity index is 0.00000364. The Kier molecular flexibility index (Phi) is 12.4. The highest BCUT2D eigenvalue weighted by molar-refractivity contribution is 14.0. The summed E-state index contributed by atoms with van der Waals surface area (Å²) in [6, 6.07) is 4.26. The van der Waals surface area contributed by atoms with Gasteiger partial charge >= 0.3 is 0 Å².